The zero-order valence-corrected chi connectivity index (χ0v) is 35.3. The van der Waals surface area contributed by atoms with E-state index in [1.165, 1.54) is 128 Å². The Morgan fingerprint density at radius 2 is 0.635 bits per heavy atom. The molecular formula is C44H90N2O6. The van der Waals surface area contributed by atoms with Crippen LogP contribution in [0, 0.1) is 10.8 Å². The monoisotopic (exact) mass is 743 g/mol. The van der Waals surface area contributed by atoms with Gasteiger partial charge in [-0.05, 0) is 12.8 Å². The van der Waals surface area contributed by atoms with Crippen LogP contribution in [-0.4, -0.2) is 125 Å². The summed E-state index contributed by atoms with van der Waals surface area (Å²) in [6.45, 7) is 19.3. The van der Waals surface area contributed by atoms with Crippen molar-refractivity contribution in [1.29, 1.82) is 0 Å². The first-order valence-electron chi connectivity index (χ1n) is 22.4. The number of rotatable bonds is 28. The van der Waals surface area contributed by atoms with E-state index >= 15 is 0 Å². The van der Waals surface area contributed by atoms with Gasteiger partial charge in [0.1, 0.15) is 0 Å². The fraction of sp³-hybridized carbons (Fsp3) is 1.00. The summed E-state index contributed by atoms with van der Waals surface area (Å²) < 4.78 is 24.1. The molecule has 0 aromatic carbocycles. The van der Waals surface area contributed by atoms with Crippen LogP contribution in [-0.2, 0) is 18.9 Å². The van der Waals surface area contributed by atoms with Crippen molar-refractivity contribution >= 4 is 0 Å². The van der Waals surface area contributed by atoms with Gasteiger partial charge in [0.05, 0.1) is 52.9 Å². The molecule has 2 unspecified atom stereocenters. The molecule has 0 aromatic heterocycles. The summed E-state index contributed by atoms with van der Waals surface area (Å²) in [6.07, 6.45) is 28.7. The van der Waals surface area contributed by atoms with Crippen molar-refractivity contribution in [3.05, 3.63) is 0 Å². The molecule has 52 heavy (non-hydrogen) atoms. The van der Waals surface area contributed by atoms with Crippen LogP contribution in [0.3, 0.4) is 0 Å². The van der Waals surface area contributed by atoms with Gasteiger partial charge in [-0.25, -0.2) is 0 Å². The first-order chi connectivity index (χ1) is 25.4. The quantitative estimate of drug-likeness (QED) is 0.0768. The van der Waals surface area contributed by atoms with Gasteiger partial charge >= 0.3 is 0 Å². The van der Waals surface area contributed by atoms with Gasteiger partial charge in [0.25, 0.3) is 0 Å². The predicted octanol–water partition coefficient (Wildman–Crippen LogP) is 9.29. The lowest BCUT2D eigenvalue weighted by Gasteiger charge is -2.35. The summed E-state index contributed by atoms with van der Waals surface area (Å²) in [6, 6.07) is 0. The molecule has 2 N–H and O–H groups in total. The molecule has 0 bridgehead atoms. The van der Waals surface area contributed by atoms with Crippen molar-refractivity contribution in [1.82, 2.24) is 9.80 Å². The highest BCUT2D eigenvalue weighted by Crippen LogP contribution is 2.27. The Hall–Kier alpha value is -0.320. The Bertz CT molecular complexity index is 668. The summed E-state index contributed by atoms with van der Waals surface area (Å²) >= 11 is 0. The first-order valence-corrected chi connectivity index (χ1v) is 22.4. The lowest BCUT2D eigenvalue weighted by atomic mass is 9.84. The van der Waals surface area contributed by atoms with E-state index in [0.29, 0.717) is 52.9 Å². The third-order valence-electron chi connectivity index (χ3n) is 11.2. The van der Waals surface area contributed by atoms with Crippen molar-refractivity contribution in [3.8, 4) is 0 Å². The lowest BCUT2D eigenvalue weighted by Crippen LogP contribution is -2.42. The number of aliphatic hydroxyl groups excluding tert-OH is 2. The standard InChI is InChI=1S/C44H90N2O6/c1-5-7-9-11-13-15-17-19-21-23-25-43(3,41-47)39-45-27-31-49-35-37-51-33-29-46(30-34-52-38-36-50-32-28-45)40-44(4,42-48)26-24-22-20-18-16-14-12-10-8-6-2/h47-48H,5-42H2,1-4H3. The molecule has 8 nitrogen and oxygen atoms in total. The summed E-state index contributed by atoms with van der Waals surface area (Å²) in [5.41, 5.74) is -0.233. The van der Waals surface area contributed by atoms with E-state index in [-0.39, 0.29) is 24.0 Å². The Morgan fingerprint density at radius 3 is 0.885 bits per heavy atom. The molecule has 1 rings (SSSR count). The molecule has 0 aromatic rings. The number of nitrogens with zero attached hydrogens (tertiary/aromatic N) is 2. The van der Waals surface area contributed by atoms with Gasteiger partial charge < -0.3 is 29.2 Å². The van der Waals surface area contributed by atoms with E-state index in [9.17, 15) is 10.2 Å². The van der Waals surface area contributed by atoms with Crippen molar-refractivity contribution in [2.24, 2.45) is 10.8 Å². The van der Waals surface area contributed by atoms with Gasteiger partial charge in [0.2, 0.25) is 0 Å². The van der Waals surface area contributed by atoms with Gasteiger partial charge in [-0.2, -0.15) is 0 Å². The van der Waals surface area contributed by atoms with Crippen LogP contribution in [0.15, 0.2) is 0 Å². The van der Waals surface area contributed by atoms with Crippen LogP contribution >= 0.6 is 0 Å². The Balaban J connectivity index is 2.42. The number of hydrogen-bond acceptors (Lipinski definition) is 8. The Morgan fingerprint density at radius 1 is 0.385 bits per heavy atom. The molecule has 1 fully saturated rings. The van der Waals surface area contributed by atoms with E-state index in [1.807, 2.05) is 0 Å². The van der Waals surface area contributed by atoms with Crippen LogP contribution < -0.4 is 0 Å². The van der Waals surface area contributed by atoms with E-state index in [1.54, 1.807) is 0 Å². The summed E-state index contributed by atoms with van der Waals surface area (Å²) in [4.78, 5) is 4.81. The summed E-state index contributed by atoms with van der Waals surface area (Å²) in [7, 11) is 0. The second-order valence-corrected chi connectivity index (χ2v) is 16.8. The third-order valence-corrected chi connectivity index (χ3v) is 11.2. The molecule has 0 saturated carbocycles. The van der Waals surface area contributed by atoms with E-state index in [0.717, 1.165) is 52.1 Å². The van der Waals surface area contributed by atoms with Gasteiger partial charge in [0, 0.05) is 63.3 Å². The van der Waals surface area contributed by atoms with Gasteiger partial charge in [-0.15, -0.1) is 0 Å². The Labute approximate surface area is 323 Å². The van der Waals surface area contributed by atoms with Crippen LogP contribution in [0.2, 0.25) is 0 Å². The predicted molar refractivity (Wildman–Crippen MR) is 219 cm³/mol. The molecule has 1 aliphatic heterocycles. The van der Waals surface area contributed by atoms with Gasteiger partial charge in [-0.1, -0.05) is 156 Å². The maximum absolute atomic E-state index is 10.4. The average Bonchev–Trinajstić information content (AvgIpc) is 3.14. The molecule has 0 radical (unpaired) electrons. The second-order valence-electron chi connectivity index (χ2n) is 16.8. The highest BCUT2D eigenvalue weighted by Gasteiger charge is 2.27. The third kappa shape index (κ3) is 29.0. The largest absolute Gasteiger partial charge is 0.396 e. The molecule has 1 heterocycles. The molecule has 0 amide bonds. The first kappa shape index (κ1) is 49.7. The molecule has 2 atom stereocenters. The van der Waals surface area contributed by atoms with Crippen molar-refractivity contribution in [2.75, 3.05) is 105 Å². The van der Waals surface area contributed by atoms with Crippen molar-refractivity contribution in [3.63, 3.8) is 0 Å². The number of ether oxygens (including phenoxy) is 4. The van der Waals surface area contributed by atoms with Gasteiger partial charge in [0.15, 0.2) is 0 Å². The summed E-state index contributed by atoms with van der Waals surface area (Å²) in [5, 5.41) is 20.8. The SMILES string of the molecule is CCCCCCCCCCCCC(C)(CO)CN1CCOCCOCCN(CC(C)(CO)CCCCCCCCCCCC)CCOCCOCC1. The zero-order valence-electron chi connectivity index (χ0n) is 35.3. The minimum atomic E-state index is -0.116. The Kier molecular flexibility index (Phi) is 33.6. The highest BCUT2D eigenvalue weighted by atomic mass is 16.5. The van der Waals surface area contributed by atoms with Crippen LogP contribution in [0.25, 0.3) is 0 Å². The summed E-state index contributed by atoms with van der Waals surface area (Å²) in [5.74, 6) is 0. The van der Waals surface area contributed by atoms with E-state index in [2.05, 4.69) is 37.5 Å². The molecule has 0 spiro atoms. The normalized spacial score (nSPS) is 19.5. The minimum Gasteiger partial charge on any atom is -0.396 e. The molecule has 8 heteroatoms. The smallest absolute Gasteiger partial charge is 0.0701 e. The minimum absolute atomic E-state index is 0.116. The maximum Gasteiger partial charge on any atom is 0.0701 e. The molecule has 1 aliphatic rings. The molecular weight excluding hydrogens is 652 g/mol. The van der Waals surface area contributed by atoms with Crippen molar-refractivity contribution < 1.29 is 29.2 Å². The number of hydrogen-bond donors (Lipinski definition) is 2. The van der Waals surface area contributed by atoms with E-state index in [4.69, 9.17) is 18.9 Å². The van der Waals surface area contributed by atoms with Crippen LogP contribution in [0.4, 0.5) is 0 Å². The molecule has 1 saturated heterocycles. The fourth-order valence-corrected chi connectivity index (χ4v) is 7.53. The van der Waals surface area contributed by atoms with Crippen LogP contribution in [0.5, 0.6) is 0 Å². The molecule has 0 aliphatic carbocycles. The lowest BCUT2D eigenvalue weighted by molar-refractivity contribution is -0.00835. The van der Waals surface area contributed by atoms with Crippen LogP contribution in [0.1, 0.15) is 169 Å². The van der Waals surface area contributed by atoms with Gasteiger partial charge in [-0.3, -0.25) is 9.80 Å². The zero-order chi connectivity index (χ0) is 37.9. The second kappa shape index (κ2) is 35.1. The highest BCUT2D eigenvalue weighted by molar-refractivity contribution is 4.80. The molecule has 312 valence electrons. The average molecular weight is 743 g/mol. The number of unbranched alkanes of at least 4 members (excludes halogenated alkanes) is 18. The number of aliphatic hydroxyl groups is 2. The maximum atomic E-state index is 10.4. The van der Waals surface area contributed by atoms with E-state index < -0.39 is 0 Å². The topological polar surface area (TPSA) is 83.9 Å². The fourth-order valence-electron chi connectivity index (χ4n) is 7.53. The van der Waals surface area contributed by atoms with Crippen molar-refractivity contribution in [2.45, 2.75) is 169 Å².